The van der Waals surface area contributed by atoms with Gasteiger partial charge in [-0.25, -0.2) is 4.98 Å². The van der Waals surface area contributed by atoms with E-state index in [-0.39, 0.29) is 5.56 Å². The van der Waals surface area contributed by atoms with Crippen LogP contribution in [0.25, 0.3) is 22.2 Å². The van der Waals surface area contributed by atoms with Crippen LogP contribution in [0.2, 0.25) is 0 Å². The van der Waals surface area contributed by atoms with Gasteiger partial charge in [0.25, 0.3) is 5.56 Å². The molecule has 3 aromatic heterocycles. The molecule has 1 aromatic carbocycles. The predicted octanol–water partition coefficient (Wildman–Crippen LogP) is 3.73. The van der Waals surface area contributed by atoms with Gasteiger partial charge in [0, 0.05) is 37.4 Å². The average Bonchev–Trinajstić information content (AvgIpc) is 3.13. The van der Waals surface area contributed by atoms with Crippen LogP contribution in [0.4, 0.5) is 17.2 Å². The number of benzene rings is 1. The fraction of sp³-hybridized carbons (Fsp3) is 0.100. The van der Waals surface area contributed by atoms with E-state index in [9.17, 15) is 4.79 Å². The predicted molar refractivity (Wildman–Crippen MR) is 106 cm³/mol. The van der Waals surface area contributed by atoms with Gasteiger partial charge >= 0.3 is 0 Å². The van der Waals surface area contributed by atoms with Crippen molar-refractivity contribution < 1.29 is 0 Å². The third-order valence-corrected chi connectivity index (χ3v) is 4.28. The molecule has 0 saturated carbocycles. The second-order valence-electron chi connectivity index (χ2n) is 6.26. The zero-order valence-electron chi connectivity index (χ0n) is 14.6. The van der Waals surface area contributed by atoms with Gasteiger partial charge in [-0.3, -0.25) is 4.79 Å². The number of anilines is 3. The minimum atomic E-state index is -0.119. The van der Waals surface area contributed by atoms with Crippen LogP contribution in [0, 0.1) is 0 Å². The van der Waals surface area contributed by atoms with Gasteiger partial charge in [0.2, 0.25) is 0 Å². The third-order valence-electron chi connectivity index (χ3n) is 4.28. The van der Waals surface area contributed by atoms with Crippen LogP contribution in [-0.4, -0.2) is 29.0 Å². The second-order valence-corrected chi connectivity index (χ2v) is 6.26. The molecular formula is C20H19N5O. The van der Waals surface area contributed by atoms with Crippen molar-refractivity contribution in [2.45, 2.75) is 0 Å². The van der Waals surface area contributed by atoms with E-state index in [1.807, 2.05) is 73.7 Å². The Hall–Kier alpha value is -3.54. The Bertz CT molecular complexity index is 1110. The minimum Gasteiger partial charge on any atom is -0.362 e. The Morgan fingerprint density at radius 3 is 2.62 bits per heavy atom. The summed E-state index contributed by atoms with van der Waals surface area (Å²) in [4.78, 5) is 24.9. The lowest BCUT2D eigenvalue weighted by molar-refractivity contribution is 1.05. The Morgan fingerprint density at radius 1 is 1.04 bits per heavy atom. The van der Waals surface area contributed by atoms with E-state index in [1.54, 1.807) is 6.20 Å². The number of pyridine rings is 2. The number of H-pyrrole nitrogens is 2. The van der Waals surface area contributed by atoms with Crippen molar-refractivity contribution in [1.29, 1.82) is 0 Å². The van der Waals surface area contributed by atoms with E-state index in [0.29, 0.717) is 5.56 Å². The molecule has 26 heavy (non-hydrogen) atoms. The van der Waals surface area contributed by atoms with Crippen molar-refractivity contribution in [2.24, 2.45) is 0 Å². The van der Waals surface area contributed by atoms with E-state index in [2.05, 4.69) is 20.3 Å². The van der Waals surface area contributed by atoms with Gasteiger partial charge in [0.15, 0.2) is 0 Å². The van der Waals surface area contributed by atoms with Gasteiger partial charge in [-0.15, -0.1) is 0 Å². The van der Waals surface area contributed by atoms with Gasteiger partial charge < -0.3 is 20.2 Å². The number of hydrogen-bond donors (Lipinski definition) is 3. The number of nitrogens with one attached hydrogen (secondary N) is 3. The number of aromatic amines is 2. The number of hydrogen-bond acceptors (Lipinski definition) is 4. The Morgan fingerprint density at radius 2 is 1.85 bits per heavy atom. The average molecular weight is 345 g/mol. The monoisotopic (exact) mass is 345 g/mol. The smallest absolute Gasteiger partial charge is 0.257 e. The normalized spacial score (nSPS) is 10.8. The first-order chi connectivity index (χ1) is 12.6. The SMILES string of the molecule is CN(C)c1[nH]c(=O)c(-c2ccccc2)cc1Nc1ccnc2[nH]ccc12. The number of fused-ring (bicyclic) bond motifs is 1. The van der Waals surface area contributed by atoms with Crippen molar-refractivity contribution in [3.05, 3.63) is 71.3 Å². The summed E-state index contributed by atoms with van der Waals surface area (Å²) in [5.74, 6) is 0.718. The largest absolute Gasteiger partial charge is 0.362 e. The van der Waals surface area contributed by atoms with Crippen LogP contribution in [0.5, 0.6) is 0 Å². The standard InChI is InChI=1S/C20H19N5O/c1-25(2)19-17(23-16-9-11-22-18-14(16)8-10-21-18)12-15(20(26)24-19)13-6-4-3-5-7-13/h3-12H,1-2H3,(H,24,26)(H2,21,22,23). The lowest BCUT2D eigenvalue weighted by atomic mass is 10.1. The first kappa shape index (κ1) is 16.0. The summed E-state index contributed by atoms with van der Waals surface area (Å²) in [5.41, 5.74) is 3.94. The molecule has 6 heteroatoms. The summed E-state index contributed by atoms with van der Waals surface area (Å²) in [6, 6.07) is 15.4. The maximum Gasteiger partial charge on any atom is 0.257 e. The molecule has 0 aliphatic rings. The van der Waals surface area contributed by atoms with Gasteiger partial charge in [0.05, 0.1) is 11.4 Å². The molecule has 4 aromatic rings. The Balaban J connectivity index is 1.86. The van der Waals surface area contributed by atoms with E-state index in [4.69, 9.17) is 0 Å². The molecule has 0 atom stereocenters. The molecule has 6 nitrogen and oxygen atoms in total. The van der Waals surface area contributed by atoms with Gasteiger partial charge in [-0.05, 0) is 23.8 Å². The number of nitrogens with zero attached hydrogens (tertiary/aromatic N) is 2. The molecule has 0 amide bonds. The van der Waals surface area contributed by atoms with Gasteiger partial charge in [-0.1, -0.05) is 30.3 Å². The van der Waals surface area contributed by atoms with E-state index in [1.165, 1.54) is 0 Å². The number of rotatable bonds is 4. The second kappa shape index (κ2) is 6.40. The summed E-state index contributed by atoms with van der Waals surface area (Å²) < 4.78 is 0. The zero-order valence-corrected chi connectivity index (χ0v) is 14.6. The molecule has 0 unspecified atom stereocenters. The van der Waals surface area contributed by atoms with Crippen LogP contribution < -0.4 is 15.8 Å². The molecule has 0 fully saturated rings. The molecule has 0 bridgehead atoms. The first-order valence-electron chi connectivity index (χ1n) is 8.32. The van der Waals surface area contributed by atoms with Gasteiger partial charge in [-0.2, -0.15) is 0 Å². The van der Waals surface area contributed by atoms with Crippen LogP contribution >= 0.6 is 0 Å². The maximum atomic E-state index is 12.6. The van der Waals surface area contributed by atoms with Crippen molar-refractivity contribution in [2.75, 3.05) is 24.3 Å². The summed E-state index contributed by atoms with van der Waals surface area (Å²) in [6.07, 6.45) is 3.61. The molecule has 0 radical (unpaired) electrons. The highest BCUT2D eigenvalue weighted by molar-refractivity contribution is 5.92. The fourth-order valence-corrected chi connectivity index (χ4v) is 3.02. The topological polar surface area (TPSA) is 76.8 Å². The van der Waals surface area contributed by atoms with E-state index < -0.39 is 0 Å². The van der Waals surface area contributed by atoms with E-state index in [0.717, 1.165) is 33.8 Å². The highest BCUT2D eigenvalue weighted by Crippen LogP contribution is 2.31. The van der Waals surface area contributed by atoms with Crippen LogP contribution in [0.3, 0.4) is 0 Å². The van der Waals surface area contributed by atoms with Crippen LogP contribution in [-0.2, 0) is 0 Å². The van der Waals surface area contributed by atoms with Crippen LogP contribution in [0.1, 0.15) is 0 Å². The molecule has 0 saturated heterocycles. The van der Waals surface area contributed by atoms with Crippen molar-refractivity contribution in [3.8, 4) is 11.1 Å². The summed E-state index contributed by atoms with van der Waals surface area (Å²) in [6.45, 7) is 0. The highest BCUT2D eigenvalue weighted by atomic mass is 16.1. The quantitative estimate of drug-likeness (QED) is 0.527. The molecule has 3 N–H and O–H groups in total. The zero-order chi connectivity index (χ0) is 18.1. The van der Waals surface area contributed by atoms with Gasteiger partial charge in [0.1, 0.15) is 11.5 Å². The molecule has 0 aliphatic carbocycles. The molecule has 3 heterocycles. The lowest BCUT2D eigenvalue weighted by Crippen LogP contribution is -2.19. The molecule has 0 aliphatic heterocycles. The van der Waals surface area contributed by atoms with Crippen molar-refractivity contribution in [3.63, 3.8) is 0 Å². The fourth-order valence-electron chi connectivity index (χ4n) is 3.02. The molecule has 130 valence electrons. The molecular weight excluding hydrogens is 326 g/mol. The van der Waals surface area contributed by atoms with Crippen molar-refractivity contribution >= 4 is 28.2 Å². The third kappa shape index (κ3) is 2.82. The molecule has 4 rings (SSSR count). The molecule has 0 spiro atoms. The summed E-state index contributed by atoms with van der Waals surface area (Å²) >= 11 is 0. The summed E-state index contributed by atoms with van der Waals surface area (Å²) in [5, 5.41) is 4.44. The number of aromatic nitrogens is 3. The van der Waals surface area contributed by atoms with E-state index >= 15 is 0 Å². The Kier molecular flexibility index (Phi) is 3.93. The Labute approximate surface area is 150 Å². The maximum absolute atomic E-state index is 12.6. The first-order valence-corrected chi connectivity index (χ1v) is 8.32. The minimum absolute atomic E-state index is 0.119. The van der Waals surface area contributed by atoms with Crippen molar-refractivity contribution in [1.82, 2.24) is 15.0 Å². The highest BCUT2D eigenvalue weighted by Gasteiger charge is 2.13. The lowest BCUT2D eigenvalue weighted by Gasteiger charge is -2.19. The van der Waals surface area contributed by atoms with Crippen LogP contribution in [0.15, 0.2) is 65.7 Å². The summed E-state index contributed by atoms with van der Waals surface area (Å²) in [7, 11) is 3.80.